The number of carbonyl (C=O) groups excluding carboxylic acids is 1. The van der Waals surface area contributed by atoms with Gasteiger partial charge in [-0.3, -0.25) is 9.69 Å². The summed E-state index contributed by atoms with van der Waals surface area (Å²) in [6.45, 7) is 6.96. The molecule has 0 spiro atoms. The van der Waals surface area contributed by atoms with E-state index >= 15 is 0 Å². The number of guanidine groups is 1. The summed E-state index contributed by atoms with van der Waals surface area (Å²) in [5.74, 6) is 0.698. The minimum Gasteiger partial charge on any atom is -0.508 e. The van der Waals surface area contributed by atoms with Crippen LogP contribution in [0.15, 0.2) is 46.1 Å². The predicted molar refractivity (Wildman–Crippen MR) is 106 cm³/mol. The molecule has 0 bridgehead atoms. The highest BCUT2D eigenvalue weighted by atomic mass is 16.5. The van der Waals surface area contributed by atoms with Gasteiger partial charge in [-0.2, -0.15) is 0 Å². The number of phenolic OH excluding ortho intramolecular Hbond substituents is 1. The maximum absolute atomic E-state index is 12.2. The standard InChI is InChI=1S/C19H26N6O3/c1-2-20-19(21-13-18(27)22-15-3-5-17(26)6-4-15)25-10-8-24(9-11-25)14-16-7-12-28-23-16/h3-7,12,26H,2,8-11,13-14H2,1H3,(H,20,21)(H,22,27). The number of benzene rings is 1. The van der Waals surface area contributed by atoms with E-state index in [1.807, 2.05) is 13.0 Å². The highest BCUT2D eigenvalue weighted by Crippen LogP contribution is 2.13. The number of nitrogens with zero attached hydrogens (tertiary/aromatic N) is 4. The van der Waals surface area contributed by atoms with Gasteiger partial charge in [0.1, 0.15) is 18.6 Å². The number of rotatable bonds is 6. The lowest BCUT2D eigenvalue weighted by Gasteiger charge is -2.36. The van der Waals surface area contributed by atoms with Crippen LogP contribution in [0, 0.1) is 0 Å². The van der Waals surface area contributed by atoms with Crippen LogP contribution in [0.2, 0.25) is 0 Å². The van der Waals surface area contributed by atoms with E-state index in [1.54, 1.807) is 18.4 Å². The average Bonchev–Trinajstić information content (AvgIpc) is 3.21. The number of aromatic nitrogens is 1. The number of amides is 1. The molecule has 1 saturated heterocycles. The SMILES string of the molecule is CCNC(=NCC(=O)Nc1ccc(O)cc1)N1CCN(Cc2ccon2)CC1. The van der Waals surface area contributed by atoms with E-state index in [0.717, 1.165) is 50.9 Å². The number of anilines is 1. The maximum Gasteiger partial charge on any atom is 0.246 e. The summed E-state index contributed by atoms with van der Waals surface area (Å²) in [6.07, 6.45) is 1.59. The van der Waals surface area contributed by atoms with Crippen LogP contribution in [0.25, 0.3) is 0 Å². The molecule has 0 radical (unpaired) electrons. The fourth-order valence-corrected chi connectivity index (χ4v) is 2.98. The molecule has 3 N–H and O–H groups in total. The fraction of sp³-hybridized carbons (Fsp3) is 0.421. The Morgan fingerprint density at radius 2 is 1.96 bits per heavy atom. The summed E-state index contributed by atoms with van der Waals surface area (Å²) in [4.78, 5) is 21.1. The summed E-state index contributed by atoms with van der Waals surface area (Å²) >= 11 is 0. The summed E-state index contributed by atoms with van der Waals surface area (Å²) in [5.41, 5.74) is 1.56. The molecule has 2 heterocycles. The Bertz CT molecular complexity index is 767. The van der Waals surface area contributed by atoms with Gasteiger partial charge >= 0.3 is 0 Å². The summed E-state index contributed by atoms with van der Waals surface area (Å²) < 4.78 is 4.88. The second kappa shape index (κ2) is 9.75. The van der Waals surface area contributed by atoms with Crippen LogP contribution in [-0.2, 0) is 11.3 Å². The van der Waals surface area contributed by atoms with Crippen LogP contribution in [0.5, 0.6) is 5.75 Å². The van der Waals surface area contributed by atoms with Crippen molar-refractivity contribution in [2.24, 2.45) is 4.99 Å². The number of phenols is 1. The van der Waals surface area contributed by atoms with Gasteiger partial charge in [-0.1, -0.05) is 5.16 Å². The van der Waals surface area contributed by atoms with Crippen LogP contribution >= 0.6 is 0 Å². The zero-order valence-electron chi connectivity index (χ0n) is 16.0. The van der Waals surface area contributed by atoms with Crippen molar-refractivity contribution in [3.05, 3.63) is 42.3 Å². The van der Waals surface area contributed by atoms with E-state index in [4.69, 9.17) is 4.52 Å². The second-order valence-electron chi connectivity index (χ2n) is 6.52. The zero-order chi connectivity index (χ0) is 19.8. The first kappa shape index (κ1) is 19.7. The van der Waals surface area contributed by atoms with Gasteiger partial charge in [0.15, 0.2) is 5.96 Å². The molecular weight excluding hydrogens is 360 g/mol. The number of hydrogen-bond acceptors (Lipinski definition) is 6. The van der Waals surface area contributed by atoms with Crippen molar-refractivity contribution in [1.29, 1.82) is 0 Å². The molecule has 1 amide bonds. The zero-order valence-corrected chi connectivity index (χ0v) is 16.0. The van der Waals surface area contributed by atoms with E-state index < -0.39 is 0 Å². The molecule has 1 aliphatic heterocycles. The first-order valence-corrected chi connectivity index (χ1v) is 9.38. The molecule has 3 rings (SSSR count). The Morgan fingerprint density at radius 1 is 1.21 bits per heavy atom. The third-order valence-corrected chi connectivity index (χ3v) is 4.41. The van der Waals surface area contributed by atoms with Crippen molar-refractivity contribution >= 4 is 17.6 Å². The second-order valence-corrected chi connectivity index (χ2v) is 6.52. The molecule has 9 heteroatoms. The molecule has 0 atom stereocenters. The Hall–Kier alpha value is -3.07. The fourth-order valence-electron chi connectivity index (χ4n) is 2.98. The molecule has 0 saturated carbocycles. The maximum atomic E-state index is 12.2. The van der Waals surface area contributed by atoms with Crippen LogP contribution in [0.3, 0.4) is 0 Å². The Balaban J connectivity index is 1.51. The molecule has 1 aromatic heterocycles. The van der Waals surface area contributed by atoms with E-state index in [9.17, 15) is 9.90 Å². The third kappa shape index (κ3) is 5.71. The topological polar surface area (TPSA) is 106 Å². The first-order valence-electron chi connectivity index (χ1n) is 9.38. The van der Waals surface area contributed by atoms with Crippen molar-refractivity contribution in [1.82, 2.24) is 20.3 Å². The molecule has 1 aromatic carbocycles. The Morgan fingerprint density at radius 3 is 2.61 bits per heavy atom. The lowest BCUT2D eigenvalue weighted by atomic mass is 10.3. The lowest BCUT2D eigenvalue weighted by Crippen LogP contribution is -2.52. The van der Waals surface area contributed by atoms with Gasteiger partial charge in [-0.05, 0) is 31.2 Å². The van der Waals surface area contributed by atoms with E-state index in [-0.39, 0.29) is 18.2 Å². The smallest absolute Gasteiger partial charge is 0.246 e. The third-order valence-electron chi connectivity index (χ3n) is 4.41. The first-order chi connectivity index (χ1) is 13.6. The molecule has 2 aromatic rings. The number of aliphatic imine (C=N–C) groups is 1. The van der Waals surface area contributed by atoms with Crippen molar-refractivity contribution in [2.45, 2.75) is 13.5 Å². The Labute approximate surface area is 164 Å². The van der Waals surface area contributed by atoms with E-state index in [1.165, 1.54) is 12.1 Å². The van der Waals surface area contributed by atoms with Gasteiger partial charge in [-0.15, -0.1) is 0 Å². The summed E-state index contributed by atoms with van der Waals surface area (Å²) in [6, 6.07) is 8.24. The normalized spacial score (nSPS) is 15.5. The predicted octanol–water partition coefficient (Wildman–Crippen LogP) is 1.10. The highest BCUT2D eigenvalue weighted by molar-refractivity contribution is 5.94. The van der Waals surface area contributed by atoms with Crippen LogP contribution in [0.1, 0.15) is 12.6 Å². The molecule has 1 aliphatic rings. The van der Waals surface area contributed by atoms with Crippen molar-refractivity contribution in [2.75, 3.05) is 44.6 Å². The van der Waals surface area contributed by atoms with Crippen molar-refractivity contribution in [3.63, 3.8) is 0 Å². The van der Waals surface area contributed by atoms with E-state index in [0.29, 0.717) is 5.69 Å². The van der Waals surface area contributed by atoms with Crippen LogP contribution in [-0.4, -0.2) is 71.2 Å². The van der Waals surface area contributed by atoms with E-state index in [2.05, 4.69) is 30.6 Å². The summed E-state index contributed by atoms with van der Waals surface area (Å²) in [5, 5.41) is 19.3. The van der Waals surface area contributed by atoms with Crippen LogP contribution in [0.4, 0.5) is 5.69 Å². The van der Waals surface area contributed by atoms with Gasteiger partial charge in [0.05, 0.1) is 5.69 Å². The monoisotopic (exact) mass is 386 g/mol. The molecule has 1 fully saturated rings. The largest absolute Gasteiger partial charge is 0.508 e. The van der Waals surface area contributed by atoms with Crippen LogP contribution < -0.4 is 10.6 Å². The molecule has 0 unspecified atom stereocenters. The number of carbonyl (C=O) groups is 1. The molecule has 9 nitrogen and oxygen atoms in total. The number of nitrogens with one attached hydrogen (secondary N) is 2. The minimum atomic E-state index is -0.203. The van der Waals surface area contributed by atoms with Gasteiger partial charge < -0.3 is 25.2 Å². The minimum absolute atomic E-state index is 0.0301. The number of piperazine rings is 1. The van der Waals surface area contributed by atoms with Crippen molar-refractivity contribution < 1.29 is 14.4 Å². The van der Waals surface area contributed by atoms with Crippen molar-refractivity contribution in [3.8, 4) is 5.75 Å². The average molecular weight is 386 g/mol. The highest BCUT2D eigenvalue weighted by Gasteiger charge is 2.20. The van der Waals surface area contributed by atoms with Gasteiger partial charge in [0.2, 0.25) is 5.91 Å². The molecular formula is C19H26N6O3. The molecule has 150 valence electrons. The molecule has 0 aliphatic carbocycles. The summed E-state index contributed by atoms with van der Waals surface area (Å²) in [7, 11) is 0. The number of aromatic hydroxyl groups is 1. The van der Waals surface area contributed by atoms with Gasteiger partial charge in [-0.25, -0.2) is 4.99 Å². The van der Waals surface area contributed by atoms with Gasteiger partial charge in [0, 0.05) is 51.0 Å². The quantitative estimate of drug-likeness (QED) is 0.388. The Kier molecular flexibility index (Phi) is 6.85. The number of hydrogen-bond donors (Lipinski definition) is 3. The van der Waals surface area contributed by atoms with Gasteiger partial charge in [0.25, 0.3) is 0 Å². The molecule has 28 heavy (non-hydrogen) atoms. The lowest BCUT2D eigenvalue weighted by molar-refractivity contribution is -0.114.